The SMILES string of the molecule is NC[C@@H](CP(=O)(O)O)c1ccc(Cl)cc1. The summed E-state index contributed by atoms with van der Waals surface area (Å²) < 4.78 is 10.9. The molecule has 0 unspecified atom stereocenters. The van der Waals surface area contributed by atoms with Gasteiger partial charge in [-0.2, -0.15) is 0 Å². The molecule has 15 heavy (non-hydrogen) atoms. The van der Waals surface area contributed by atoms with Crippen molar-refractivity contribution in [1.82, 2.24) is 0 Å². The quantitative estimate of drug-likeness (QED) is 0.707. The van der Waals surface area contributed by atoms with Crippen molar-refractivity contribution in [3.8, 4) is 0 Å². The summed E-state index contributed by atoms with van der Waals surface area (Å²) in [6.45, 7) is 0.201. The summed E-state index contributed by atoms with van der Waals surface area (Å²) in [6, 6.07) is 6.82. The van der Waals surface area contributed by atoms with Crippen molar-refractivity contribution in [3.05, 3.63) is 34.9 Å². The van der Waals surface area contributed by atoms with Crippen molar-refractivity contribution >= 4 is 19.2 Å². The lowest BCUT2D eigenvalue weighted by atomic mass is 10.0. The molecule has 0 radical (unpaired) electrons. The molecule has 0 spiro atoms. The van der Waals surface area contributed by atoms with Gasteiger partial charge in [0.15, 0.2) is 0 Å². The Balaban J connectivity index is 2.83. The van der Waals surface area contributed by atoms with Crippen LogP contribution in [0.15, 0.2) is 24.3 Å². The van der Waals surface area contributed by atoms with E-state index in [0.29, 0.717) is 5.02 Å². The van der Waals surface area contributed by atoms with Gasteiger partial charge < -0.3 is 15.5 Å². The number of benzene rings is 1. The Morgan fingerprint density at radius 3 is 2.27 bits per heavy atom. The average molecular weight is 250 g/mol. The minimum atomic E-state index is -4.03. The van der Waals surface area contributed by atoms with E-state index in [0.717, 1.165) is 5.56 Å². The van der Waals surface area contributed by atoms with Crippen LogP contribution in [0.2, 0.25) is 5.02 Å². The van der Waals surface area contributed by atoms with E-state index in [1.165, 1.54) is 0 Å². The number of rotatable bonds is 4. The summed E-state index contributed by atoms with van der Waals surface area (Å²) in [7, 11) is -4.03. The van der Waals surface area contributed by atoms with Crippen LogP contribution in [0.5, 0.6) is 0 Å². The maximum Gasteiger partial charge on any atom is 0.326 e. The van der Waals surface area contributed by atoms with Gasteiger partial charge in [-0.15, -0.1) is 0 Å². The van der Waals surface area contributed by atoms with Gasteiger partial charge in [-0.3, -0.25) is 4.57 Å². The molecule has 0 aliphatic rings. The molecule has 0 amide bonds. The zero-order valence-corrected chi connectivity index (χ0v) is 9.66. The highest BCUT2D eigenvalue weighted by molar-refractivity contribution is 7.51. The van der Waals surface area contributed by atoms with Gasteiger partial charge in [-0.05, 0) is 24.2 Å². The molecular formula is C9H13ClNO3P. The third-order valence-electron chi connectivity index (χ3n) is 2.08. The predicted molar refractivity (Wildman–Crippen MR) is 60.2 cm³/mol. The van der Waals surface area contributed by atoms with Crippen LogP contribution in [0.25, 0.3) is 0 Å². The Bertz CT molecular complexity index is 362. The molecule has 0 saturated heterocycles. The second-order valence-corrected chi connectivity index (χ2v) is 5.46. The highest BCUT2D eigenvalue weighted by atomic mass is 35.5. The van der Waals surface area contributed by atoms with E-state index in [-0.39, 0.29) is 18.6 Å². The fourth-order valence-electron chi connectivity index (χ4n) is 1.34. The van der Waals surface area contributed by atoms with Gasteiger partial charge in [0, 0.05) is 10.9 Å². The first-order valence-corrected chi connectivity index (χ1v) is 6.60. The summed E-state index contributed by atoms with van der Waals surface area (Å²) in [5.74, 6) is -0.330. The van der Waals surface area contributed by atoms with Crippen LogP contribution in [-0.4, -0.2) is 22.5 Å². The van der Waals surface area contributed by atoms with Gasteiger partial charge in [0.1, 0.15) is 0 Å². The number of hydrogen-bond acceptors (Lipinski definition) is 2. The second-order valence-electron chi connectivity index (χ2n) is 3.33. The highest BCUT2D eigenvalue weighted by Gasteiger charge is 2.21. The van der Waals surface area contributed by atoms with Gasteiger partial charge in [0.25, 0.3) is 0 Å². The van der Waals surface area contributed by atoms with E-state index < -0.39 is 7.60 Å². The summed E-state index contributed by atoms with van der Waals surface area (Å²) in [6.07, 6.45) is -0.231. The maximum absolute atomic E-state index is 10.9. The summed E-state index contributed by atoms with van der Waals surface area (Å²) in [5.41, 5.74) is 6.27. The van der Waals surface area contributed by atoms with Crippen LogP contribution in [0.4, 0.5) is 0 Å². The van der Waals surface area contributed by atoms with Gasteiger partial charge in [-0.25, -0.2) is 0 Å². The molecule has 0 fully saturated rings. The zero-order chi connectivity index (χ0) is 11.5. The fourth-order valence-corrected chi connectivity index (χ4v) is 2.40. The molecule has 0 heterocycles. The van der Waals surface area contributed by atoms with Crippen molar-refractivity contribution in [3.63, 3.8) is 0 Å². The summed E-state index contributed by atoms with van der Waals surface area (Å²) in [4.78, 5) is 17.7. The summed E-state index contributed by atoms with van der Waals surface area (Å²) >= 11 is 5.71. The van der Waals surface area contributed by atoms with E-state index in [1.807, 2.05) is 0 Å². The molecule has 0 aliphatic carbocycles. The summed E-state index contributed by atoms with van der Waals surface area (Å²) in [5, 5.41) is 0.589. The molecular weight excluding hydrogens is 237 g/mol. The van der Waals surface area contributed by atoms with E-state index in [2.05, 4.69) is 0 Å². The van der Waals surface area contributed by atoms with Crippen LogP contribution < -0.4 is 5.73 Å². The van der Waals surface area contributed by atoms with Crippen LogP contribution >= 0.6 is 19.2 Å². The lowest BCUT2D eigenvalue weighted by molar-refractivity contribution is 0.369. The second kappa shape index (κ2) is 5.10. The predicted octanol–water partition coefficient (Wildman–Crippen LogP) is 1.56. The van der Waals surface area contributed by atoms with Crippen molar-refractivity contribution in [2.24, 2.45) is 5.73 Å². The van der Waals surface area contributed by atoms with Gasteiger partial charge in [-0.1, -0.05) is 23.7 Å². The molecule has 1 aromatic carbocycles. The molecule has 0 bridgehead atoms. The molecule has 0 aromatic heterocycles. The van der Waals surface area contributed by atoms with E-state index in [1.54, 1.807) is 24.3 Å². The molecule has 4 nitrogen and oxygen atoms in total. The normalized spacial score (nSPS) is 13.9. The Morgan fingerprint density at radius 2 is 1.87 bits per heavy atom. The Morgan fingerprint density at radius 1 is 1.33 bits per heavy atom. The van der Waals surface area contributed by atoms with Crippen molar-refractivity contribution in [2.75, 3.05) is 12.7 Å². The van der Waals surface area contributed by atoms with Crippen LogP contribution in [0.1, 0.15) is 11.5 Å². The fraction of sp³-hybridized carbons (Fsp3) is 0.333. The first kappa shape index (κ1) is 12.7. The third kappa shape index (κ3) is 4.33. The number of nitrogens with two attached hydrogens (primary N) is 1. The number of hydrogen-bond donors (Lipinski definition) is 3. The van der Waals surface area contributed by atoms with E-state index >= 15 is 0 Å². The van der Waals surface area contributed by atoms with Gasteiger partial charge in [0.05, 0.1) is 6.16 Å². The van der Waals surface area contributed by atoms with Crippen molar-refractivity contribution in [1.29, 1.82) is 0 Å². The van der Waals surface area contributed by atoms with Crippen LogP contribution in [-0.2, 0) is 4.57 Å². The molecule has 1 atom stereocenters. The molecule has 0 saturated carbocycles. The Labute approximate surface area is 93.2 Å². The molecule has 0 aliphatic heterocycles. The standard InChI is InChI=1S/C9H13ClNO3P/c10-9-3-1-7(2-4-9)8(5-11)6-15(12,13)14/h1-4,8H,5-6,11H2,(H2,12,13,14)/t8-/m0/s1. The molecule has 6 heteroatoms. The molecule has 4 N–H and O–H groups in total. The third-order valence-corrected chi connectivity index (χ3v) is 3.25. The maximum atomic E-state index is 10.9. The lowest BCUT2D eigenvalue weighted by Gasteiger charge is -2.15. The first-order chi connectivity index (χ1) is 6.92. The zero-order valence-electron chi connectivity index (χ0n) is 8.01. The van der Waals surface area contributed by atoms with Crippen molar-refractivity contribution in [2.45, 2.75) is 5.92 Å². The monoisotopic (exact) mass is 249 g/mol. The smallest absolute Gasteiger partial charge is 0.326 e. The minimum absolute atomic E-state index is 0.201. The highest BCUT2D eigenvalue weighted by Crippen LogP contribution is 2.39. The van der Waals surface area contributed by atoms with Gasteiger partial charge in [0.2, 0.25) is 0 Å². The minimum Gasteiger partial charge on any atom is -0.330 e. The Kier molecular flexibility index (Phi) is 4.32. The number of halogens is 1. The van der Waals surface area contributed by atoms with E-state index in [4.69, 9.17) is 27.1 Å². The molecule has 84 valence electrons. The molecule has 1 rings (SSSR count). The lowest BCUT2D eigenvalue weighted by Crippen LogP contribution is -2.16. The first-order valence-electron chi connectivity index (χ1n) is 4.42. The average Bonchev–Trinajstić information content (AvgIpc) is 2.14. The van der Waals surface area contributed by atoms with E-state index in [9.17, 15) is 4.57 Å². The Hall–Kier alpha value is -0.380. The largest absolute Gasteiger partial charge is 0.330 e. The molecule has 1 aromatic rings. The van der Waals surface area contributed by atoms with Gasteiger partial charge >= 0.3 is 7.60 Å². The van der Waals surface area contributed by atoms with Crippen LogP contribution in [0, 0.1) is 0 Å². The van der Waals surface area contributed by atoms with Crippen LogP contribution in [0.3, 0.4) is 0 Å². The topological polar surface area (TPSA) is 83.6 Å². The van der Waals surface area contributed by atoms with Crippen molar-refractivity contribution < 1.29 is 14.4 Å².